The highest BCUT2D eigenvalue weighted by molar-refractivity contribution is 5.80. The third-order valence-electron chi connectivity index (χ3n) is 4.16. The second kappa shape index (κ2) is 7.59. The summed E-state index contributed by atoms with van der Waals surface area (Å²) in [5, 5.41) is 13.1. The summed E-state index contributed by atoms with van der Waals surface area (Å²) in [5.41, 5.74) is 0.907. The molecule has 1 N–H and O–H groups in total. The molecule has 1 aliphatic heterocycles. The van der Waals surface area contributed by atoms with Gasteiger partial charge in [-0.2, -0.15) is 5.10 Å². The average Bonchev–Trinajstić information content (AvgIpc) is 3.01. The summed E-state index contributed by atoms with van der Waals surface area (Å²) in [6, 6.07) is 2.08. The molecule has 0 aromatic carbocycles. The fourth-order valence-electron chi connectivity index (χ4n) is 2.96. The predicted octanol–water partition coefficient (Wildman–Crippen LogP) is 1.86. The van der Waals surface area contributed by atoms with Crippen molar-refractivity contribution in [1.29, 1.82) is 0 Å². The summed E-state index contributed by atoms with van der Waals surface area (Å²) in [7, 11) is 1.65. The Labute approximate surface area is 136 Å². The first kappa shape index (κ1) is 17.5. The minimum Gasteiger partial charge on any atom is -0.481 e. The quantitative estimate of drug-likeness (QED) is 0.864. The molecule has 7 nitrogen and oxygen atoms in total. The molecule has 0 saturated carbocycles. The second-order valence-electron chi connectivity index (χ2n) is 6.24. The van der Waals surface area contributed by atoms with Crippen LogP contribution in [0.4, 0.5) is 0 Å². The molecule has 2 atom stereocenters. The Balaban J connectivity index is 2.16. The van der Waals surface area contributed by atoms with E-state index in [1.165, 1.54) is 4.90 Å². The van der Waals surface area contributed by atoms with Crippen LogP contribution in [0.2, 0.25) is 0 Å². The van der Waals surface area contributed by atoms with Gasteiger partial charge < -0.3 is 14.7 Å². The smallest absolute Gasteiger partial charge is 0.305 e. The molecule has 1 fully saturated rings. The molecule has 7 heteroatoms. The lowest BCUT2D eigenvalue weighted by Gasteiger charge is -2.34. The van der Waals surface area contributed by atoms with Gasteiger partial charge in [-0.3, -0.25) is 14.3 Å². The molecule has 0 aliphatic carbocycles. The van der Waals surface area contributed by atoms with Crippen molar-refractivity contribution < 1.29 is 19.4 Å². The molecule has 23 heavy (non-hydrogen) atoms. The number of aromatic nitrogens is 2. The molecule has 1 aromatic heterocycles. The lowest BCUT2D eigenvalue weighted by atomic mass is 9.90. The van der Waals surface area contributed by atoms with Gasteiger partial charge in [0, 0.05) is 32.4 Å². The number of hydrogen-bond acceptors (Lipinski definition) is 4. The van der Waals surface area contributed by atoms with Gasteiger partial charge in [-0.15, -0.1) is 0 Å². The first-order valence-electron chi connectivity index (χ1n) is 8.03. The topological polar surface area (TPSA) is 84.7 Å². The maximum Gasteiger partial charge on any atom is 0.305 e. The van der Waals surface area contributed by atoms with Crippen LogP contribution in [0.1, 0.15) is 50.9 Å². The number of carboxylic acids is 1. The summed E-state index contributed by atoms with van der Waals surface area (Å²) in [6.45, 7) is 4.90. The van der Waals surface area contributed by atoms with Gasteiger partial charge in [-0.05, 0) is 32.8 Å². The van der Waals surface area contributed by atoms with Crippen molar-refractivity contribution in [2.75, 3.05) is 20.2 Å². The van der Waals surface area contributed by atoms with Gasteiger partial charge in [0.25, 0.3) is 0 Å². The van der Waals surface area contributed by atoms with Crippen LogP contribution in [-0.2, 0) is 14.3 Å². The maximum absolute atomic E-state index is 12.7. The van der Waals surface area contributed by atoms with E-state index in [1.54, 1.807) is 13.2 Å². The molecular weight excluding hydrogens is 298 g/mol. The van der Waals surface area contributed by atoms with Crippen molar-refractivity contribution in [2.45, 2.75) is 45.3 Å². The van der Waals surface area contributed by atoms with E-state index in [0.717, 1.165) is 18.5 Å². The van der Waals surface area contributed by atoms with Crippen LogP contribution in [0, 0.1) is 5.92 Å². The monoisotopic (exact) mass is 323 g/mol. The van der Waals surface area contributed by atoms with E-state index >= 15 is 0 Å². The standard InChI is InChI=1S/C16H25N3O4/c1-11(2)19-13(6-8-17-19)15-12(5-4-10-23-15)16(22)18(3)9-7-14(20)21/h6,8,11-12,15H,4-5,7,9-10H2,1-3H3,(H,20,21)/t12-,15-/m1/s1. The fourth-order valence-corrected chi connectivity index (χ4v) is 2.96. The van der Waals surface area contributed by atoms with Crippen LogP contribution in [0.25, 0.3) is 0 Å². The van der Waals surface area contributed by atoms with Gasteiger partial charge >= 0.3 is 5.97 Å². The molecule has 2 rings (SSSR count). The third-order valence-corrected chi connectivity index (χ3v) is 4.16. The van der Waals surface area contributed by atoms with E-state index in [4.69, 9.17) is 9.84 Å². The van der Waals surface area contributed by atoms with Crippen LogP contribution >= 0.6 is 0 Å². The van der Waals surface area contributed by atoms with Crippen LogP contribution < -0.4 is 0 Å². The van der Waals surface area contributed by atoms with Crippen LogP contribution in [0.15, 0.2) is 12.3 Å². The SMILES string of the molecule is CC(C)n1nccc1[C@@H]1OCCC[C@H]1C(=O)N(C)CCC(=O)O. The fraction of sp³-hybridized carbons (Fsp3) is 0.688. The minimum absolute atomic E-state index is 0.0512. The summed E-state index contributed by atoms with van der Waals surface area (Å²) in [5.74, 6) is -1.26. The second-order valence-corrected chi connectivity index (χ2v) is 6.24. The Hall–Kier alpha value is -1.89. The number of hydrogen-bond donors (Lipinski definition) is 1. The summed E-state index contributed by atoms with van der Waals surface area (Å²) >= 11 is 0. The van der Waals surface area contributed by atoms with E-state index in [9.17, 15) is 9.59 Å². The minimum atomic E-state index is -0.904. The van der Waals surface area contributed by atoms with Gasteiger partial charge in [0.2, 0.25) is 5.91 Å². The number of carboxylic acid groups (broad SMARTS) is 1. The Bertz CT molecular complexity index is 555. The summed E-state index contributed by atoms with van der Waals surface area (Å²) in [6.07, 6.45) is 2.92. The Morgan fingerprint density at radius 1 is 1.52 bits per heavy atom. The van der Waals surface area contributed by atoms with Crippen molar-refractivity contribution in [1.82, 2.24) is 14.7 Å². The zero-order chi connectivity index (χ0) is 17.0. The molecule has 1 aromatic rings. The molecule has 2 heterocycles. The third kappa shape index (κ3) is 4.10. The lowest BCUT2D eigenvalue weighted by Crippen LogP contribution is -2.40. The van der Waals surface area contributed by atoms with Gasteiger partial charge in [0.15, 0.2) is 0 Å². The van der Waals surface area contributed by atoms with Gasteiger partial charge in [0.05, 0.1) is 18.0 Å². The summed E-state index contributed by atoms with van der Waals surface area (Å²) < 4.78 is 7.78. The van der Waals surface area contributed by atoms with Crippen LogP contribution in [-0.4, -0.2) is 51.9 Å². The number of aliphatic carboxylic acids is 1. The van der Waals surface area contributed by atoms with Gasteiger partial charge in [-0.1, -0.05) is 0 Å². The van der Waals surface area contributed by atoms with E-state index in [2.05, 4.69) is 5.10 Å². The van der Waals surface area contributed by atoms with E-state index in [0.29, 0.717) is 6.61 Å². The number of rotatable bonds is 6. The van der Waals surface area contributed by atoms with E-state index < -0.39 is 5.97 Å². The highest BCUT2D eigenvalue weighted by Crippen LogP contribution is 2.35. The molecule has 0 bridgehead atoms. The Kier molecular flexibility index (Phi) is 5.76. The number of carbonyl (C=O) groups excluding carboxylic acids is 1. The zero-order valence-corrected chi connectivity index (χ0v) is 13.9. The zero-order valence-electron chi connectivity index (χ0n) is 13.9. The number of amides is 1. The Morgan fingerprint density at radius 2 is 2.26 bits per heavy atom. The first-order valence-corrected chi connectivity index (χ1v) is 8.03. The van der Waals surface area contributed by atoms with Crippen molar-refractivity contribution in [3.8, 4) is 0 Å². The van der Waals surface area contributed by atoms with E-state index in [1.807, 2.05) is 24.6 Å². The molecular formula is C16H25N3O4. The van der Waals surface area contributed by atoms with Crippen LogP contribution in [0.5, 0.6) is 0 Å². The lowest BCUT2D eigenvalue weighted by molar-refractivity contribution is -0.145. The highest BCUT2D eigenvalue weighted by Gasteiger charge is 2.36. The normalized spacial score (nSPS) is 21.4. The molecule has 1 saturated heterocycles. The van der Waals surface area contributed by atoms with E-state index in [-0.39, 0.29) is 36.9 Å². The predicted molar refractivity (Wildman–Crippen MR) is 83.9 cm³/mol. The van der Waals surface area contributed by atoms with Crippen molar-refractivity contribution >= 4 is 11.9 Å². The maximum atomic E-state index is 12.7. The number of nitrogens with zero attached hydrogens (tertiary/aromatic N) is 3. The van der Waals surface area contributed by atoms with Gasteiger partial charge in [0.1, 0.15) is 6.10 Å². The van der Waals surface area contributed by atoms with Crippen molar-refractivity contribution in [3.63, 3.8) is 0 Å². The van der Waals surface area contributed by atoms with Crippen molar-refractivity contribution in [2.24, 2.45) is 5.92 Å². The number of carbonyl (C=O) groups is 2. The molecule has 0 unspecified atom stereocenters. The highest BCUT2D eigenvalue weighted by atomic mass is 16.5. The molecule has 1 amide bonds. The summed E-state index contributed by atoms with van der Waals surface area (Å²) in [4.78, 5) is 24.9. The molecule has 1 aliphatic rings. The largest absolute Gasteiger partial charge is 0.481 e. The molecule has 128 valence electrons. The van der Waals surface area contributed by atoms with Crippen molar-refractivity contribution in [3.05, 3.63) is 18.0 Å². The first-order chi connectivity index (χ1) is 10.9. The molecule has 0 radical (unpaired) electrons. The average molecular weight is 323 g/mol. The van der Waals surface area contributed by atoms with Crippen LogP contribution in [0.3, 0.4) is 0 Å². The number of ether oxygens (including phenoxy) is 1. The van der Waals surface area contributed by atoms with Gasteiger partial charge in [-0.25, -0.2) is 0 Å². The Morgan fingerprint density at radius 3 is 2.91 bits per heavy atom. The molecule has 0 spiro atoms.